The highest BCUT2D eigenvalue weighted by atomic mass is 16.5. The zero-order valence-electron chi connectivity index (χ0n) is 11.2. The molecule has 18 heavy (non-hydrogen) atoms. The number of ether oxygens (including phenoxy) is 1. The molecule has 2 heteroatoms. The fraction of sp³-hybridized carbons (Fsp3) is 0.500. The summed E-state index contributed by atoms with van der Waals surface area (Å²) < 4.78 is 5.87. The maximum atomic E-state index is 5.87. The Morgan fingerprint density at radius 2 is 2.06 bits per heavy atom. The Morgan fingerprint density at radius 1 is 1.22 bits per heavy atom. The Kier molecular flexibility index (Phi) is 5.28. The molecule has 0 heterocycles. The van der Waals surface area contributed by atoms with Gasteiger partial charge in [-0.05, 0) is 44.4 Å². The predicted molar refractivity (Wildman–Crippen MR) is 76.0 cm³/mol. The average molecular weight is 245 g/mol. The van der Waals surface area contributed by atoms with Crippen molar-refractivity contribution in [2.75, 3.05) is 13.2 Å². The number of likely N-dealkylation sites (N-methyl/N-ethyl adjacent to an activating group) is 1. The van der Waals surface area contributed by atoms with Crippen molar-refractivity contribution in [3.63, 3.8) is 0 Å². The minimum Gasteiger partial charge on any atom is -0.492 e. The van der Waals surface area contributed by atoms with Crippen molar-refractivity contribution >= 4 is 0 Å². The van der Waals surface area contributed by atoms with E-state index in [2.05, 4.69) is 18.3 Å². The van der Waals surface area contributed by atoms with Gasteiger partial charge < -0.3 is 10.1 Å². The van der Waals surface area contributed by atoms with Crippen molar-refractivity contribution in [3.8, 4) is 5.75 Å². The van der Waals surface area contributed by atoms with Crippen LogP contribution in [-0.2, 0) is 0 Å². The normalized spacial score (nSPS) is 17.1. The van der Waals surface area contributed by atoms with Crippen LogP contribution < -0.4 is 10.1 Å². The van der Waals surface area contributed by atoms with E-state index < -0.39 is 0 Å². The zero-order valence-corrected chi connectivity index (χ0v) is 11.2. The predicted octanol–water partition coefficient (Wildman–Crippen LogP) is 3.54. The van der Waals surface area contributed by atoms with Crippen LogP contribution in [0.25, 0.3) is 0 Å². The molecular formula is C16H23NO. The topological polar surface area (TPSA) is 21.3 Å². The zero-order chi connectivity index (χ0) is 12.6. The third-order valence-corrected chi connectivity index (χ3v) is 3.38. The Labute approximate surface area is 110 Å². The lowest BCUT2D eigenvalue weighted by atomic mass is 9.94. The van der Waals surface area contributed by atoms with Crippen molar-refractivity contribution in [3.05, 3.63) is 42.0 Å². The van der Waals surface area contributed by atoms with Gasteiger partial charge in [0.05, 0.1) is 6.04 Å². The van der Waals surface area contributed by atoms with E-state index in [0.717, 1.165) is 18.9 Å². The number of rotatable bonds is 6. The van der Waals surface area contributed by atoms with Crippen molar-refractivity contribution < 1.29 is 4.74 Å². The van der Waals surface area contributed by atoms with Gasteiger partial charge in [0, 0.05) is 0 Å². The summed E-state index contributed by atoms with van der Waals surface area (Å²) >= 11 is 0. The minimum atomic E-state index is 0.371. The van der Waals surface area contributed by atoms with Crippen LogP contribution in [0.5, 0.6) is 5.75 Å². The molecule has 1 aliphatic carbocycles. The van der Waals surface area contributed by atoms with Gasteiger partial charge in [-0.25, -0.2) is 0 Å². The standard InChI is InChI=1S/C16H23NO/c1-2-17-16(14-9-5-3-6-10-14)13-18-15-11-7-4-8-12-15/h4,7-9,11-12,16-17H,2-3,5-6,10,13H2,1H3. The van der Waals surface area contributed by atoms with Gasteiger partial charge in [0.15, 0.2) is 0 Å². The van der Waals surface area contributed by atoms with Gasteiger partial charge in [0.25, 0.3) is 0 Å². The van der Waals surface area contributed by atoms with Crippen LogP contribution in [0.2, 0.25) is 0 Å². The molecule has 0 aliphatic heterocycles. The molecule has 0 spiro atoms. The highest BCUT2D eigenvalue weighted by Crippen LogP contribution is 2.21. The molecule has 0 fully saturated rings. The average Bonchev–Trinajstić information content (AvgIpc) is 2.45. The first kappa shape index (κ1) is 13.2. The van der Waals surface area contributed by atoms with Gasteiger partial charge in [0.2, 0.25) is 0 Å². The van der Waals surface area contributed by atoms with Crippen LogP contribution in [-0.4, -0.2) is 19.2 Å². The summed E-state index contributed by atoms with van der Waals surface area (Å²) in [7, 11) is 0. The van der Waals surface area contributed by atoms with E-state index in [9.17, 15) is 0 Å². The Morgan fingerprint density at radius 3 is 2.72 bits per heavy atom. The molecule has 0 amide bonds. The second-order valence-electron chi connectivity index (χ2n) is 4.76. The molecule has 98 valence electrons. The third kappa shape index (κ3) is 3.88. The van der Waals surface area contributed by atoms with E-state index >= 15 is 0 Å². The van der Waals surface area contributed by atoms with Crippen LogP contribution in [0.15, 0.2) is 42.0 Å². The summed E-state index contributed by atoms with van der Waals surface area (Å²) in [4.78, 5) is 0. The molecule has 0 radical (unpaired) electrons. The molecule has 0 aromatic heterocycles. The number of hydrogen-bond donors (Lipinski definition) is 1. The highest BCUT2D eigenvalue weighted by molar-refractivity contribution is 5.22. The number of hydrogen-bond acceptors (Lipinski definition) is 2. The SMILES string of the molecule is CCNC(COc1ccccc1)C1=CCCCC1. The summed E-state index contributed by atoms with van der Waals surface area (Å²) in [6, 6.07) is 10.4. The lowest BCUT2D eigenvalue weighted by Crippen LogP contribution is -2.36. The molecule has 1 N–H and O–H groups in total. The Balaban J connectivity index is 1.91. The van der Waals surface area contributed by atoms with Crippen molar-refractivity contribution in [1.82, 2.24) is 5.32 Å². The van der Waals surface area contributed by atoms with Crippen LogP contribution in [0.1, 0.15) is 32.6 Å². The van der Waals surface area contributed by atoms with E-state index in [1.54, 1.807) is 0 Å². The lowest BCUT2D eigenvalue weighted by Gasteiger charge is -2.24. The number of benzene rings is 1. The van der Waals surface area contributed by atoms with Gasteiger partial charge in [-0.15, -0.1) is 0 Å². The molecule has 0 saturated heterocycles. The van der Waals surface area contributed by atoms with Gasteiger partial charge in [-0.3, -0.25) is 0 Å². The summed E-state index contributed by atoms with van der Waals surface area (Å²) in [6.07, 6.45) is 7.49. The second-order valence-corrected chi connectivity index (χ2v) is 4.76. The summed E-state index contributed by atoms with van der Waals surface area (Å²) in [5.41, 5.74) is 1.53. The number of nitrogens with one attached hydrogen (secondary N) is 1. The van der Waals surface area contributed by atoms with Crippen LogP contribution in [0.4, 0.5) is 0 Å². The molecular weight excluding hydrogens is 222 g/mol. The van der Waals surface area contributed by atoms with Crippen LogP contribution in [0.3, 0.4) is 0 Å². The van der Waals surface area contributed by atoms with Gasteiger partial charge in [0.1, 0.15) is 12.4 Å². The smallest absolute Gasteiger partial charge is 0.119 e. The van der Waals surface area contributed by atoms with E-state index in [1.807, 2.05) is 30.3 Å². The maximum Gasteiger partial charge on any atom is 0.119 e. The van der Waals surface area contributed by atoms with Gasteiger partial charge >= 0.3 is 0 Å². The molecule has 0 saturated carbocycles. The van der Waals surface area contributed by atoms with Crippen LogP contribution in [0, 0.1) is 0 Å². The number of allylic oxidation sites excluding steroid dienone is 1. The quantitative estimate of drug-likeness (QED) is 0.774. The molecule has 1 unspecified atom stereocenters. The molecule has 2 rings (SSSR count). The van der Waals surface area contributed by atoms with E-state index in [-0.39, 0.29) is 0 Å². The minimum absolute atomic E-state index is 0.371. The van der Waals surface area contributed by atoms with Crippen LogP contribution >= 0.6 is 0 Å². The third-order valence-electron chi connectivity index (χ3n) is 3.38. The van der Waals surface area contributed by atoms with E-state index in [0.29, 0.717) is 6.04 Å². The monoisotopic (exact) mass is 245 g/mol. The first-order chi connectivity index (χ1) is 8.90. The highest BCUT2D eigenvalue weighted by Gasteiger charge is 2.15. The van der Waals surface area contributed by atoms with Gasteiger partial charge in [-0.2, -0.15) is 0 Å². The summed E-state index contributed by atoms with van der Waals surface area (Å²) in [5.74, 6) is 0.955. The first-order valence-electron chi connectivity index (χ1n) is 7.00. The van der Waals surface area contributed by atoms with Gasteiger partial charge in [-0.1, -0.05) is 36.8 Å². The van der Waals surface area contributed by atoms with E-state index in [4.69, 9.17) is 4.74 Å². The van der Waals surface area contributed by atoms with Crippen molar-refractivity contribution in [1.29, 1.82) is 0 Å². The number of para-hydroxylation sites is 1. The largest absolute Gasteiger partial charge is 0.492 e. The molecule has 0 bridgehead atoms. The Hall–Kier alpha value is -1.28. The Bertz CT molecular complexity index is 372. The fourth-order valence-corrected chi connectivity index (χ4v) is 2.42. The fourth-order valence-electron chi connectivity index (χ4n) is 2.42. The van der Waals surface area contributed by atoms with Crippen molar-refractivity contribution in [2.45, 2.75) is 38.6 Å². The summed E-state index contributed by atoms with van der Waals surface area (Å²) in [5, 5.41) is 3.53. The maximum absolute atomic E-state index is 5.87. The molecule has 1 atom stereocenters. The lowest BCUT2D eigenvalue weighted by molar-refractivity contribution is 0.278. The molecule has 2 nitrogen and oxygen atoms in total. The first-order valence-corrected chi connectivity index (χ1v) is 7.00. The summed E-state index contributed by atoms with van der Waals surface area (Å²) in [6.45, 7) is 3.86. The van der Waals surface area contributed by atoms with E-state index in [1.165, 1.54) is 31.3 Å². The molecule has 1 aromatic carbocycles. The molecule has 1 aromatic rings. The van der Waals surface area contributed by atoms with Crippen molar-refractivity contribution in [2.24, 2.45) is 0 Å². The molecule has 1 aliphatic rings. The second kappa shape index (κ2) is 7.22.